The number of nitrogens with zero attached hydrogens (tertiary/aromatic N) is 2. The molecule has 0 fully saturated rings. The van der Waals surface area contributed by atoms with Crippen molar-refractivity contribution in [2.24, 2.45) is 10.9 Å². The number of hydrogen-bond donors (Lipinski definition) is 0. The van der Waals surface area contributed by atoms with Gasteiger partial charge in [-0.3, -0.25) is 0 Å². The molecule has 0 radical (unpaired) electrons. The lowest BCUT2D eigenvalue weighted by atomic mass is 9.85. The number of hydrogen-bond acceptors (Lipinski definition) is 8. The van der Waals surface area contributed by atoms with Crippen LogP contribution in [0.5, 0.6) is 5.75 Å². The fraction of sp³-hybridized carbons (Fsp3) is 0.174. The molecular weight excluding hydrogens is 416 g/mol. The maximum absolute atomic E-state index is 11.2. The van der Waals surface area contributed by atoms with E-state index < -0.39 is 11.9 Å². The molecule has 7 nitrogen and oxygen atoms in total. The molecule has 0 saturated heterocycles. The van der Waals surface area contributed by atoms with E-state index in [1.54, 1.807) is 36.0 Å². The molecule has 0 amide bonds. The van der Waals surface area contributed by atoms with Gasteiger partial charge in [0.25, 0.3) is 0 Å². The molecule has 1 aliphatic heterocycles. The van der Waals surface area contributed by atoms with Crippen molar-refractivity contribution in [2.45, 2.75) is 12.5 Å². The van der Waals surface area contributed by atoms with E-state index in [0.717, 1.165) is 16.1 Å². The molecule has 31 heavy (non-hydrogen) atoms. The summed E-state index contributed by atoms with van der Waals surface area (Å²) in [4.78, 5) is 16.8. The van der Waals surface area contributed by atoms with E-state index >= 15 is 0 Å². The molecule has 0 saturated carbocycles. The van der Waals surface area contributed by atoms with Crippen LogP contribution in [0.25, 0.3) is 5.70 Å². The van der Waals surface area contributed by atoms with E-state index in [1.165, 1.54) is 13.2 Å². The van der Waals surface area contributed by atoms with Gasteiger partial charge in [-0.05, 0) is 46.8 Å². The third-order valence-electron chi connectivity index (χ3n) is 4.91. The second-order valence-electron chi connectivity index (χ2n) is 6.78. The highest BCUT2D eigenvalue weighted by Gasteiger charge is 2.33. The van der Waals surface area contributed by atoms with Crippen molar-refractivity contribution in [1.82, 2.24) is 0 Å². The highest BCUT2D eigenvalue weighted by atomic mass is 32.1. The van der Waals surface area contributed by atoms with Gasteiger partial charge in [0.2, 0.25) is 5.90 Å². The number of benzene rings is 1. The molecule has 0 spiro atoms. The zero-order chi connectivity index (χ0) is 21.8. The predicted octanol–water partition coefficient (Wildman–Crippen LogP) is 3.61. The lowest BCUT2D eigenvalue weighted by molar-refractivity contribution is -0.255. The van der Waals surface area contributed by atoms with Crippen LogP contribution in [-0.2, 0) is 11.3 Å². The fourth-order valence-electron chi connectivity index (χ4n) is 3.37. The summed E-state index contributed by atoms with van der Waals surface area (Å²) in [7, 11) is 1.39. The normalized spacial score (nSPS) is 17.9. The first-order valence-electron chi connectivity index (χ1n) is 9.37. The minimum Gasteiger partial charge on any atom is -0.545 e. The topological polar surface area (TPSA) is 108 Å². The van der Waals surface area contributed by atoms with Crippen LogP contribution < -0.4 is 9.84 Å². The van der Waals surface area contributed by atoms with Gasteiger partial charge in [0, 0.05) is 11.5 Å². The average molecular weight is 433 g/mol. The van der Waals surface area contributed by atoms with Crippen LogP contribution in [0.15, 0.2) is 69.8 Å². The Bertz CT molecular complexity index is 1170. The second-order valence-corrected chi connectivity index (χ2v) is 7.73. The van der Waals surface area contributed by atoms with Crippen molar-refractivity contribution in [2.75, 3.05) is 7.11 Å². The molecule has 3 heterocycles. The molecule has 1 aliphatic rings. The highest BCUT2D eigenvalue weighted by Crippen LogP contribution is 2.37. The van der Waals surface area contributed by atoms with Crippen molar-refractivity contribution in [1.29, 1.82) is 5.26 Å². The molecule has 2 unspecified atom stereocenters. The summed E-state index contributed by atoms with van der Waals surface area (Å²) in [6.07, 6.45) is 5.14. The number of thiophene rings is 1. The van der Waals surface area contributed by atoms with Gasteiger partial charge in [-0.25, -0.2) is 4.99 Å². The SMILES string of the molecule is COc1cc(COC2=NC(c3cccs3)=CC(c3ccoc3)C2C#N)ccc1C(=O)[O-]. The number of nitriles is 1. The standard InChI is InChI=1S/C23H18N2O5S/c1-28-20-9-14(4-5-16(20)23(26)27)12-30-22-18(11-24)17(15-6-7-29-13-15)10-19(25-22)21-3-2-8-31-21/h2-10,13,17-18H,12H2,1H3,(H,26,27)/p-1. The minimum absolute atomic E-state index is 0.0425. The molecule has 0 N–H and O–H groups in total. The van der Waals surface area contributed by atoms with Gasteiger partial charge in [-0.1, -0.05) is 12.1 Å². The summed E-state index contributed by atoms with van der Waals surface area (Å²) in [6.45, 7) is 0.0938. The van der Waals surface area contributed by atoms with Crippen LogP contribution in [0, 0.1) is 17.2 Å². The number of carboxylic acid groups (broad SMARTS) is 1. The Hall–Kier alpha value is -3.83. The molecule has 0 aliphatic carbocycles. The number of aliphatic imine (C=N–C) groups is 1. The number of carbonyl (C=O) groups excluding carboxylic acids is 1. The Morgan fingerprint density at radius 2 is 2.23 bits per heavy atom. The van der Waals surface area contributed by atoms with Gasteiger partial charge < -0.3 is 23.8 Å². The smallest absolute Gasteiger partial charge is 0.207 e. The highest BCUT2D eigenvalue weighted by molar-refractivity contribution is 7.11. The Labute approximate surface area is 182 Å². The summed E-state index contributed by atoms with van der Waals surface area (Å²) in [6, 6.07) is 12.6. The first kappa shape index (κ1) is 20.4. The number of ether oxygens (including phenoxy) is 2. The first-order chi connectivity index (χ1) is 15.1. The van der Waals surface area contributed by atoms with Crippen LogP contribution >= 0.6 is 11.3 Å². The lowest BCUT2D eigenvalue weighted by Crippen LogP contribution is -2.25. The lowest BCUT2D eigenvalue weighted by Gasteiger charge is -2.25. The number of aromatic carboxylic acids is 1. The van der Waals surface area contributed by atoms with Gasteiger partial charge in [0.05, 0.1) is 42.2 Å². The fourth-order valence-corrected chi connectivity index (χ4v) is 4.06. The van der Waals surface area contributed by atoms with E-state index in [-0.39, 0.29) is 23.8 Å². The number of furan rings is 1. The Morgan fingerprint density at radius 3 is 2.87 bits per heavy atom. The quantitative estimate of drug-likeness (QED) is 0.588. The number of carbonyl (C=O) groups is 1. The Morgan fingerprint density at radius 1 is 1.35 bits per heavy atom. The average Bonchev–Trinajstić information content (AvgIpc) is 3.51. The molecule has 8 heteroatoms. The third kappa shape index (κ3) is 4.22. The maximum atomic E-state index is 11.2. The summed E-state index contributed by atoms with van der Waals surface area (Å²) in [5.41, 5.74) is 2.22. The number of methoxy groups -OCH3 is 1. The van der Waals surface area contributed by atoms with E-state index in [9.17, 15) is 15.2 Å². The summed E-state index contributed by atoms with van der Waals surface area (Å²) in [5.74, 6) is -1.75. The Balaban J connectivity index is 1.63. The van der Waals surface area contributed by atoms with Gasteiger partial charge in [-0.2, -0.15) is 5.26 Å². The van der Waals surface area contributed by atoms with E-state index in [4.69, 9.17) is 13.9 Å². The summed E-state index contributed by atoms with van der Waals surface area (Å²) < 4.78 is 16.3. The van der Waals surface area contributed by atoms with Crippen LogP contribution in [0.3, 0.4) is 0 Å². The van der Waals surface area contributed by atoms with Crippen LogP contribution in [0.4, 0.5) is 0 Å². The van der Waals surface area contributed by atoms with Crippen LogP contribution in [-0.4, -0.2) is 19.0 Å². The zero-order valence-corrected chi connectivity index (χ0v) is 17.3. The third-order valence-corrected chi connectivity index (χ3v) is 5.80. The zero-order valence-electron chi connectivity index (χ0n) is 16.5. The number of allylic oxidation sites excluding steroid dienone is 1. The molecule has 2 aromatic heterocycles. The minimum atomic E-state index is -1.32. The molecule has 4 rings (SSSR count). The van der Waals surface area contributed by atoms with Gasteiger partial charge >= 0.3 is 0 Å². The van der Waals surface area contributed by atoms with Crippen molar-refractivity contribution in [3.63, 3.8) is 0 Å². The van der Waals surface area contributed by atoms with Gasteiger partial charge in [0.1, 0.15) is 18.3 Å². The molecule has 3 aromatic rings. The molecule has 0 bridgehead atoms. The molecule has 2 atom stereocenters. The predicted molar refractivity (Wildman–Crippen MR) is 112 cm³/mol. The van der Waals surface area contributed by atoms with Gasteiger partial charge in [-0.15, -0.1) is 11.3 Å². The maximum Gasteiger partial charge on any atom is 0.207 e. The van der Waals surface area contributed by atoms with Crippen LogP contribution in [0.1, 0.15) is 32.3 Å². The monoisotopic (exact) mass is 433 g/mol. The first-order valence-corrected chi connectivity index (χ1v) is 10.3. The summed E-state index contributed by atoms with van der Waals surface area (Å²) in [5, 5.41) is 23.0. The molecule has 156 valence electrons. The van der Waals surface area contributed by atoms with Crippen molar-refractivity contribution < 1.29 is 23.8 Å². The van der Waals surface area contributed by atoms with E-state index in [1.807, 2.05) is 29.7 Å². The van der Waals surface area contributed by atoms with Gasteiger partial charge in [0.15, 0.2) is 0 Å². The number of carboxylic acids is 1. The van der Waals surface area contributed by atoms with Crippen molar-refractivity contribution >= 4 is 28.9 Å². The van der Waals surface area contributed by atoms with Crippen molar-refractivity contribution in [3.8, 4) is 11.8 Å². The largest absolute Gasteiger partial charge is 0.545 e. The molecule has 1 aromatic carbocycles. The molecular formula is C23H17N2O5S-. The van der Waals surface area contributed by atoms with Crippen LogP contribution in [0.2, 0.25) is 0 Å². The second kappa shape index (κ2) is 8.90. The van der Waals surface area contributed by atoms with E-state index in [2.05, 4.69) is 11.1 Å². The summed E-state index contributed by atoms with van der Waals surface area (Å²) >= 11 is 1.55. The van der Waals surface area contributed by atoms with E-state index in [0.29, 0.717) is 11.5 Å². The van der Waals surface area contributed by atoms with Crippen molar-refractivity contribution in [3.05, 3.63) is 81.9 Å². The number of rotatable bonds is 6. The Kier molecular flexibility index (Phi) is 5.87.